The first-order valence-electron chi connectivity index (χ1n) is 11.2. The van der Waals surface area contributed by atoms with Gasteiger partial charge in [-0.05, 0) is 62.0 Å². The Morgan fingerprint density at radius 3 is 2.60 bits per heavy atom. The van der Waals surface area contributed by atoms with Crippen molar-refractivity contribution in [1.82, 2.24) is 20.1 Å². The first-order valence-corrected chi connectivity index (χ1v) is 11.2. The zero-order chi connectivity index (χ0) is 20.4. The molecule has 0 unspecified atom stereocenters. The number of piperidine rings is 1. The quantitative estimate of drug-likeness (QED) is 0.494. The number of aryl methyl sites for hydroxylation is 1. The van der Waals surface area contributed by atoms with E-state index in [2.05, 4.69) is 56.5 Å². The molecule has 5 heteroatoms. The fourth-order valence-corrected chi connectivity index (χ4v) is 4.00. The average molecular weight is 405 g/mol. The molecule has 0 atom stereocenters. The molecule has 1 N–H and O–H groups in total. The van der Waals surface area contributed by atoms with E-state index in [0.717, 1.165) is 56.2 Å². The van der Waals surface area contributed by atoms with Crippen LogP contribution in [0, 0.1) is 0 Å². The lowest BCUT2D eigenvalue weighted by atomic mass is 10.1. The highest BCUT2D eigenvalue weighted by molar-refractivity contribution is 5.28. The van der Waals surface area contributed by atoms with Crippen molar-refractivity contribution in [3.8, 4) is 5.75 Å². The minimum Gasteiger partial charge on any atom is -0.494 e. The van der Waals surface area contributed by atoms with Crippen molar-refractivity contribution in [3.63, 3.8) is 0 Å². The monoisotopic (exact) mass is 404 g/mol. The molecular formula is C25H32N4O. The summed E-state index contributed by atoms with van der Waals surface area (Å²) in [6.45, 7) is 4.21. The van der Waals surface area contributed by atoms with Crippen LogP contribution in [-0.4, -0.2) is 39.8 Å². The van der Waals surface area contributed by atoms with Crippen LogP contribution in [0.1, 0.15) is 54.9 Å². The fourth-order valence-electron chi connectivity index (χ4n) is 4.00. The number of nitrogens with zero attached hydrogens (tertiary/aromatic N) is 3. The van der Waals surface area contributed by atoms with E-state index in [0.29, 0.717) is 0 Å². The summed E-state index contributed by atoms with van der Waals surface area (Å²) in [6.07, 6.45) is 7.75. The Morgan fingerprint density at radius 2 is 1.73 bits per heavy atom. The molecule has 1 aliphatic heterocycles. The Morgan fingerprint density at radius 1 is 0.900 bits per heavy atom. The molecule has 2 heterocycles. The SMILES string of the molecule is c1ccc(Cc2n[nH]c(CCCCOc3cccc(CN4CCCCC4)c3)n2)cc1. The highest BCUT2D eigenvalue weighted by Crippen LogP contribution is 2.18. The second kappa shape index (κ2) is 10.9. The normalized spacial score (nSPS) is 14.7. The maximum atomic E-state index is 5.99. The molecule has 0 aliphatic carbocycles. The molecule has 0 amide bonds. The standard InChI is InChI=1S/C25H32N4O/c1-3-10-21(11-4-1)19-25-26-24(27-28-25)14-5-8-17-30-23-13-9-12-22(18-23)20-29-15-6-2-7-16-29/h1,3-4,9-13,18H,2,5-8,14-17,19-20H2,(H,26,27,28). The number of benzene rings is 2. The number of hydrogen-bond acceptors (Lipinski definition) is 4. The molecule has 1 aromatic heterocycles. The number of nitrogens with one attached hydrogen (secondary N) is 1. The van der Waals surface area contributed by atoms with Crippen LogP contribution in [0.5, 0.6) is 5.75 Å². The Kier molecular flexibility index (Phi) is 7.51. The lowest BCUT2D eigenvalue weighted by molar-refractivity contribution is 0.220. The summed E-state index contributed by atoms with van der Waals surface area (Å²) >= 11 is 0. The average Bonchev–Trinajstić information content (AvgIpc) is 3.22. The summed E-state index contributed by atoms with van der Waals surface area (Å²) in [5.74, 6) is 2.80. The van der Waals surface area contributed by atoms with Gasteiger partial charge in [0.25, 0.3) is 0 Å². The minimum absolute atomic E-state index is 0.734. The number of H-pyrrole nitrogens is 1. The lowest BCUT2D eigenvalue weighted by Crippen LogP contribution is -2.29. The van der Waals surface area contributed by atoms with Gasteiger partial charge in [0.1, 0.15) is 11.6 Å². The summed E-state index contributed by atoms with van der Waals surface area (Å²) in [5, 5.41) is 7.42. The van der Waals surface area contributed by atoms with Gasteiger partial charge in [-0.15, -0.1) is 0 Å². The molecule has 1 saturated heterocycles. The molecule has 4 rings (SSSR count). The smallest absolute Gasteiger partial charge is 0.155 e. The number of likely N-dealkylation sites (tertiary alicyclic amines) is 1. The second-order valence-corrected chi connectivity index (χ2v) is 8.15. The third kappa shape index (κ3) is 6.42. The van der Waals surface area contributed by atoms with E-state index in [-0.39, 0.29) is 0 Å². The van der Waals surface area contributed by atoms with Crippen LogP contribution in [-0.2, 0) is 19.4 Å². The van der Waals surface area contributed by atoms with Crippen LogP contribution in [0.2, 0.25) is 0 Å². The van der Waals surface area contributed by atoms with Crippen LogP contribution < -0.4 is 4.74 Å². The van der Waals surface area contributed by atoms with Gasteiger partial charge in [-0.2, -0.15) is 5.10 Å². The Balaban J connectivity index is 1.15. The number of ether oxygens (including phenoxy) is 1. The van der Waals surface area contributed by atoms with Crippen molar-refractivity contribution in [2.75, 3.05) is 19.7 Å². The summed E-state index contributed by atoms with van der Waals surface area (Å²) in [4.78, 5) is 7.16. The molecule has 0 saturated carbocycles. The maximum Gasteiger partial charge on any atom is 0.155 e. The second-order valence-electron chi connectivity index (χ2n) is 8.15. The molecule has 0 bridgehead atoms. The van der Waals surface area contributed by atoms with Gasteiger partial charge >= 0.3 is 0 Å². The minimum atomic E-state index is 0.734. The van der Waals surface area contributed by atoms with Gasteiger partial charge in [0.05, 0.1) is 6.61 Å². The van der Waals surface area contributed by atoms with E-state index in [9.17, 15) is 0 Å². The van der Waals surface area contributed by atoms with E-state index in [1.54, 1.807) is 0 Å². The van der Waals surface area contributed by atoms with E-state index in [1.807, 2.05) is 18.2 Å². The van der Waals surface area contributed by atoms with Crippen molar-refractivity contribution in [1.29, 1.82) is 0 Å². The predicted molar refractivity (Wildman–Crippen MR) is 120 cm³/mol. The van der Waals surface area contributed by atoms with E-state index in [1.165, 1.54) is 43.5 Å². The van der Waals surface area contributed by atoms with E-state index in [4.69, 9.17) is 4.74 Å². The number of unbranched alkanes of at least 4 members (excludes halogenated alkanes) is 1. The van der Waals surface area contributed by atoms with Gasteiger partial charge in [0.15, 0.2) is 5.82 Å². The van der Waals surface area contributed by atoms with Gasteiger partial charge in [0, 0.05) is 19.4 Å². The van der Waals surface area contributed by atoms with Crippen molar-refractivity contribution in [3.05, 3.63) is 77.4 Å². The molecule has 30 heavy (non-hydrogen) atoms. The third-order valence-corrected chi connectivity index (χ3v) is 5.61. The number of aromatic amines is 1. The Bertz CT molecular complexity index is 887. The molecule has 0 spiro atoms. The van der Waals surface area contributed by atoms with Gasteiger partial charge in [-0.1, -0.05) is 48.9 Å². The topological polar surface area (TPSA) is 54.0 Å². The fraction of sp³-hybridized carbons (Fsp3) is 0.440. The number of hydrogen-bond donors (Lipinski definition) is 1. The molecule has 0 radical (unpaired) electrons. The first kappa shape index (κ1) is 20.6. The zero-order valence-electron chi connectivity index (χ0n) is 17.7. The van der Waals surface area contributed by atoms with Gasteiger partial charge in [-0.25, -0.2) is 4.98 Å². The summed E-state index contributed by atoms with van der Waals surface area (Å²) in [7, 11) is 0. The van der Waals surface area contributed by atoms with Gasteiger partial charge in [-0.3, -0.25) is 10.00 Å². The molecule has 1 fully saturated rings. The summed E-state index contributed by atoms with van der Waals surface area (Å²) in [6, 6.07) is 18.9. The molecule has 158 valence electrons. The molecule has 1 aliphatic rings. The molecule has 5 nitrogen and oxygen atoms in total. The molecule has 2 aromatic carbocycles. The van der Waals surface area contributed by atoms with Crippen LogP contribution in [0.15, 0.2) is 54.6 Å². The van der Waals surface area contributed by atoms with Crippen molar-refractivity contribution < 1.29 is 4.74 Å². The van der Waals surface area contributed by atoms with Crippen LogP contribution in [0.25, 0.3) is 0 Å². The van der Waals surface area contributed by atoms with Crippen molar-refractivity contribution in [2.45, 2.75) is 51.5 Å². The molecular weight excluding hydrogens is 372 g/mol. The number of rotatable bonds is 10. The maximum absolute atomic E-state index is 5.99. The predicted octanol–water partition coefficient (Wildman–Crippen LogP) is 4.78. The zero-order valence-corrected chi connectivity index (χ0v) is 17.7. The molecule has 3 aromatic rings. The van der Waals surface area contributed by atoms with Crippen molar-refractivity contribution >= 4 is 0 Å². The van der Waals surface area contributed by atoms with Crippen LogP contribution in [0.4, 0.5) is 0 Å². The van der Waals surface area contributed by atoms with Crippen LogP contribution in [0.3, 0.4) is 0 Å². The summed E-state index contributed by atoms with van der Waals surface area (Å²) in [5.41, 5.74) is 2.58. The lowest BCUT2D eigenvalue weighted by Gasteiger charge is -2.26. The van der Waals surface area contributed by atoms with Gasteiger partial charge in [0.2, 0.25) is 0 Å². The van der Waals surface area contributed by atoms with E-state index >= 15 is 0 Å². The summed E-state index contributed by atoms with van der Waals surface area (Å²) < 4.78 is 5.99. The Labute approximate surface area is 179 Å². The largest absolute Gasteiger partial charge is 0.494 e. The number of aromatic nitrogens is 3. The van der Waals surface area contributed by atoms with Crippen molar-refractivity contribution in [2.24, 2.45) is 0 Å². The highest BCUT2D eigenvalue weighted by atomic mass is 16.5. The van der Waals surface area contributed by atoms with E-state index < -0.39 is 0 Å². The van der Waals surface area contributed by atoms with Crippen LogP contribution >= 0.6 is 0 Å². The Hall–Kier alpha value is -2.66. The third-order valence-electron chi connectivity index (χ3n) is 5.61. The first-order chi connectivity index (χ1) is 14.8. The highest BCUT2D eigenvalue weighted by Gasteiger charge is 2.10. The van der Waals surface area contributed by atoms with Gasteiger partial charge < -0.3 is 4.74 Å².